The van der Waals surface area contributed by atoms with Crippen LogP contribution in [0.1, 0.15) is 38.3 Å². The lowest BCUT2D eigenvalue weighted by Crippen LogP contribution is -2.45. The number of nitrogen functional groups attached to an aromatic ring is 1. The van der Waals surface area contributed by atoms with E-state index in [1.165, 1.54) is 11.3 Å². The minimum absolute atomic E-state index is 0.0432. The molecule has 0 bridgehead atoms. The van der Waals surface area contributed by atoms with Crippen molar-refractivity contribution in [2.24, 2.45) is 5.92 Å². The van der Waals surface area contributed by atoms with E-state index in [9.17, 15) is 4.79 Å². The third-order valence-corrected chi connectivity index (χ3v) is 5.45. The first kappa shape index (κ1) is 19.6. The van der Waals surface area contributed by atoms with Gasteiger partial charge >= 0.3 is 0 Å². The summed E-state index contributed by atoms with van der Waals surface area (Å²) in [6, 6.07) is 1.98. The Balaban J connectivity index is 1.61. The summed E-state index contributed by atoms with van der Waals surface area (Å²) in [5, 5.41) is 19.2. The fourth-order valence-electron chi connectivity index (χ4n) is 3.44. The van der Waals surface area contributed by atoms with Gasteiger partial charge in [0.1, 0.15) is 0 Å². The standard InChI is InChI=1S/C17H27N7O2S/c1-3-8-26-14-9-11(15(25)24(2)10-12-6-7-19-21-12)4-5-13(14)20-17-23-22-16(18)27-17/h6-7,11,13-14H,3-5,8-10H2,1-2H3,(H2,18,22)(H,19,21)(H,20,23)/t11-,13+,14+/m0/s1. The molecule has 3 atom stereocenters. The topological polar surface area (TPSA) is 122 Å². The largest absolute Gasteiger partial charge is 0.376 e. The molecule has 2 heterocycles. The van der Waals surface area contributed by atoms with E-state index in [-0.39, 0.29) is 24.0 Å². The summed E-state index contributed by atoms with van der Waals surface area (Å²) >= 11 is 1.33. The number of H-pyrrole nitrogens is 1. The summed E-state index contributed by atoms with van der Waals surface area (Å²) < 4.78 is 6.07. The number of nitrogens with one attached hydrogen (secondary N) is 2. The lowest BCUT2D eigenvalue weighted by atomic mass is 9.83. The molecule has 1 saturated carbocycles. The van der Waals surface area contributed by atoms with Crippen LogP contribution in [0.25, 0.3) is 0 Å². The van der Waals surface area contributed by atoms with E-state index in [0.29, 0.717) is 29.8 Å². The molecule has 0 saturated heterocycles. The fourth-order valence-corrected chi connectivity index (χ4v) is 4.01. The molecule has 0 spiro atoms. The van der Waals surface area contributed by atoms with Gasteiger partial charge in [0.15, 0.2) is 0 Å². The predicted octanol–water partition coefficient (Wildman–Crippen LogP) is 1.88. The Morgan fingerprint density at radius 3 is 3.00 bits per heavy atom. The zero-order valence-corrected chi connectivity index (χ0v) is 16.5. The van der Waals surface area contributed by atoms with Crippen molar-refractivity contribution in [3.8, 4) is 0 Å². The molecule has 1 aliphatic rings. The Hall–Kier alpha value is -2.20. The van der Waals surface area contributed by atoms with Gasteiger partial charge in [-0.3, -0.25) is 9.89 Å². The minimum atomic E-state index is -0.0442. The van der Waals surface area contributed by atoms with Gasteiger partial charge in [-0.25, -0.2) is 0 Å². The number of carbonyl (C=O) groups is 1. The maximum Gasteiger partial charge on any atom is 0.225 e. The number of hydrogen-bond donors (Lipinski definition) is 3. The molecule has 4 N–H and O–H groups in total. The van der Waals surface area contributed by atoms with Gasteiger partial charge in [-0.1, -0.05) is 18.3 Å². The van der Waals surface area contributed by atoms with Gasteiger partial charge in [-0.2, -0.15) is 5.10 Å². The van der Waals surface area contributed by atoms with Crippen molar-refractivity contribution in [1.82, 2.24) is 25.3 Å². The molecule has 0 unspecified atom stereocenters. The van der Waals surface area contributed by atoms with Crippen LogP contribution < -0.4 is 11.1 Å². The van der Waals surface area contributed by atoms with Gasteiger partial charge in [0.05, 0.1) is 24.4 Å². The number of rotatable bonds is 8. The molecular weight excluding hydrogens is 366 g/mol. The van der Waals surface area contributed by atoms with Crippen LogP contribution in [0.3, 0.4) is 0 Å². The number of nitrogens with two attached hydrogens (primary N) is 1. The van der Waals surface area contributed by atoms with E-state index >= 15 is 0 Å². The van der Waals surface area contributed by atoms with Crippen LogP contribution in [0.5, 0.6) is 0 Å². The van der Waals surface area contributed by atoms with Crippen molar-refractivity contribution in [2.75, 3.05) is 24.7 Å². The van der Waals surface area contributed by atoms with Gasteiger partial charge in [-0.05, 0) is 31.7 Å². The predicted molar refractivity (Wildman–Crippen MR) is 104 cm³/mol. The Kier molecular flexibility index (Phi) is 6.62. The second kappa shape index (κ2) is 9.14. The average molecular weight is 394 g/mol. The normalized spacial score (nSPS) is 22.5. The highest BCUT2D eigenvalue weighted by atomic mass is 32.1. The number of aromatic amines is 1. The first-order valence-electron chi connectivity index (χ1n) is 9.27. The molecule has 0 radical (unpaired) electrons. The second-order valence-corrected chi connectivity index (χ2v) is 7.90. The fraction of sp³-hybridized carbons (Fsp3) is 0.647. The maximum atomic E-state index is 12.9. The van der Waals surface area contributed by atoms with Crippen LogP contribution in [-0.4, -0.2) is 57.0 Å². The summed E-state index contributed by atoms with van der Waals surface area (Å²) in [6.45, 7) is 3.28. The van der Waals surface area contributed by atoms with Gasteiger partial charge in [-0.15, -0.1) is 10.2 Å². The van der Waals surface area contributed by atoms with Crippen molar-refractivity contribution in [1.29, 1.82) is 0 Å². The highest BCUT2D eigenvalue weighted by molar-refractivity contribution is 7.18. The van der Waals surface area contributed by atoms with Gasteiger partial charge in [0.25, 0.3) is 0 Å². The van der Waals surface area contributed by atoms with Crippen molar-refractivity contribution >= 4 is 27.5 Å². The number of aromatic nitrogens is 4. The number of amides is 1. The van der Waals surface area contributed by atoms with Gasteiger partial charge in [0, 0.05) is 25.8 Å². The summed E-state index contributed by atoms with van der Waals surface area (Å²) in [5.74, 6) is 0.102. The molecule has 0 aliphatic heterocycles. The van der Waals surface area contributed by atoms with Crippen LogP contribution in [-0.2, 0) is 16.1 Å². The summed E-state index contributed by atoms with van der Waals surface area (Å²) in [6.07, 6.45) is 4.93. The molecule has 27 heavy (non-hydrogen) atoms. The monoisotopic (exact) mass is 393 g/mol. The summed E-state index contributed by atoms with van der Waals surface area (Å²) in [4.78, 5) is 14.6. The molecule has 1 aliphatic carbocycles. The smallest absolute Gasteiger partial charge is 0.225 e. The molecule has 1 amide bonds. The molecular formula is C17H27N7O2S. The van der Waals surface area contributed by atoms with Gasteiger partial charge < -0.3 is 20.7 Å². The first-order valence-corrected chi connectivity index (χ1v) is 10.1. The zero-order valence-electron chi connectivity index (χ0n) is 15.7. The van der Waals surface area contributed by atoms with Crippen molar-refractivity contribution in [3.05, 3.63) is 18.0 Å². The average Bonchev–Trinajstić information content (AvgIpc) is 3.32. The highest BCUT2D eigenvalue weighted by Gasteiger charge is 2.36. The number of hydrogen-bond acceptors (Lipinski definition) is 8. The lowest BCUT2D eigenvalue weighted by molar-refractivity contribution is -0.138. The Morgan fingerprint density at radius 1 is 1.48 bits per heavy atom. The molecule has 10 heteroatoms. The molecule has 0 aromatic carbocycles. The van der Waals surface area contributed by atoms with Crippen LogP contribution in [0.2, 0.25) is 0 Å². The van der Waals surface area contributed by atoms with Crippen molar-refractivity contribution < 1.29 is 9.53 Å². The highest BCUT2D eigenvalue weighted by Crippen LogP contribution is 2.31. The van der Waals surface area contributed by atoms with Crippen LogP contribution >= 0.6 is 11.3 Å². The molecule has 1 fully saturated rings. The molecule has 2 aromatic heterocycles. The summed E-state index contributed by atoms with van der Waals surface area (Å²) in [5.41, 5.74) is 6.59. The third kappa shape index (κ3) is 5.16. The number of nitrogens with zero attached hydrogens (tertiary/aromatic N) is 4. The van der Waals surface area contributed by atoms with Crippen LogP contribution in [0, 0.1) is 5.92 Å². The molecule has 9 nitrogen and oxygen atoms in total. The van der Waals surface area contributed by atoms with E-state index in [2.05, 4.69) is 32.6 Å². The number of ether oxygens (including phenoxy) is 1. The number of anilines is 2. The number of carbonyl (C=O) groups excluding carboxylic acids is 1. The van der Waals surface area contributed by atoms with Crippen LogP contribution in [0.15, 0.2) is 12.3 Å². The quantitative estimate of drug-likeness (QED) is 0.626. The Morgan fingerprint density at radius 2 is 2.33 bits per heavy atom. The van der Waals surface area contributed by atoms with E-state index in [0.717, 1.165) is 25.0 Å². The van der Waals surface area contributed by atoms with E-state index in [1.54, 1.807) is 11.1 Å². The first-order chi connectivity index (χ1) is 13.1. The molecule has 148 valence electrons. The van der Waals surface area contributed by atoms with E-state index in [1.807, 2.05) is 13.1 Å². The maximum absolute atomic E-state index is 12.9. The van der Waals surface area contributed by atoms with Crippen molar-refractivity contribution in [3.63, 3.8) is 0 Å². The SMILES string of the molecule is CCCO[C@@H]1C[C@@H](C(=O)N(C)Cc2ccn[nH]2)CC[C@H]1Nc1nnc(N)s1. The minimum Gasteiger partial charge on any atom is -0.376 e. The second-order valence-electron chi connectivity index (χ2n) is 6.89. The Bertz CT molecular complexity index is 721. The molecule has 2 aromatic rings. The molecule has 3 rings (SSSR count). The lowest BCUT2D eigenvalue weighted by Gasteiger charge is -2.37. The summed E-state index contributed by atoms with van der Waals surface area (Å²) in [7, 11) is 1.83. The van der Waals surface area contributed by atoms with Crippen LogP contribution in [0.4, 0.5) is 10.3 Å². The van der Waals surface area contributed by atoms with E-state index < -0.39 is 0 Å². The zero-order chi connectivity index (χ0) is 19.2. The van der Waals surface area contributed by atoms with Crippen molar-refractivity contribution in [2.45, 2.75) is 51.3 Å². The Labute approximate surface area is 162 Å². The van der Waals surface area contributed by atoms with E-state index in [4.69, 9.17) is 10.5 Å². The third-order valence-electron chi connectivity index (χ3n) is 4.77. The van der Waals surface area contributed by atoms with Gasteiger partial charge in [0.2, 0.25) is 16.2 Å².